The molecule has 0 bridgehead atoms. The van der Waals surface area contributed by atoms with Crippen LogP contribution in [-0.4, -0.2) is 78.6 Å². The van der Waals surface area contributed by atoms with Crippen molar-refractivity contribution in [1.29, 1.82) is 0 Å². The zero-order valence-electron chi connectivity index (χ0n) is 29.6. The molecule has 11 heteroatoms. The fourth-order valence-corrected chi connectivity index (χ4v) is 5.69. The van der Waals surface area contributed by atoms with Gasteiger partial charge in [-0.15, -0.1) is 0 Å². The molecule has 0 N–H and O–H groups in total. The van der Waals surface area contributed by atoms with Crippen molar-refractivity contribution in [2.45, 2.75) is 83.8 Å². The zero-order chi connectivity index (χ0) is 36.3. The Morgan fingerprint density at radius 2 is 1.46 bits per heavy atom. The molecule has 11 nitrogen and oxygen atoms in total. The summed E-state index contributed by atoms with van der Waals surface area (Å²) in [5.74, 6) is -5.34. The molecule has 1 aliphatic heterocycles. The van der Waals surface area contributed by atoms with E-state index in [0.29, 0.717) is 24.3 Å². The monoisotopic (exact) mass is 689 g/mol. The summed E-state index contributed by atoms with van der Waals surface area (Å²) in [6.45, 7) is 9.09. The summed E-state index contributed by atoms with van der Waals surface area (Å²) < 4.78 is 33.6. The fraction of sp³-hybridized carbons (Fsp3) is 0.436. The molecular weight excluding hydrogens is 642 g/mol. The maximum Gasteiger partial charge on any atom is 0.377 e. The number of aryl methyl sites for hydroxylation is 1. The highest BCUT2D eigenvalue weighted by molar-refractivity contribution is 6.06. The Kier molecular flexibility index (Phi) is 13.1. The van der Waals surface area contributed by atoms with Gasteiger partial charge in [-0.1, -0.05) is 60.7 Å². The van der Waals surface area contributed by atoms with Gasteiger partial charge in [0.25, 0.3) is 5.91 Å². The third kappa shape index (κ3) is 9.92. The van der Waals surface area contributed by atoms with E-state index in [2.05, 4.69) is 0 Å². The summed E-state index contributed by atoms with van der Waals surface area (Å²) in [5, 5.41) is 0. The highest BCUT2D eigenvalue weighted by Crippen LogP contribution is 2.35. The number of amides is 1. The first-order valence-electron chi connectivity index (χ1n) is 16.9. The molecule has 3 aromatic carbocycles. The molecule has 4 atom stereocenters. The van der Waals surface area contributed by atoms with Crippen LogP contribution >= 0.6 is 0 Å². The van der Waals surface area contributed by atoms with Crippen LogP contribution in [0.5, 0.6) is 11.5 Å². The number of esters is 3. The molecule has 0 spiro atoms. The Morgan fingerprint density at radius 3 is 2.06 bits per heavy atom. The Hall–Kier alpha value is -4.74. The fourth-order valence-electron chi connectivity index (χ4n) is 5.69. The van der Waals surface area contributed by atoms with Crippen LogP contribution in [0, 0.1) is 0 Å². The maximum atomic E-state index is 14.7. The summed E-state index contributed by atoms with van der Waals surface area (Å²) >= 11 is 0. The lowest BCUT2D eigenvalue weighted by molar-refractivity contribution is -0.220. The predicted octanol–water partition coefficient (Wildman–Crippen LogP) is 5.99. The number of ether oxygens (including phenoxy) is 6. The molecule has 1 amide bonds. The van der Waals surface area contributed by atoms with Gasteiger partial charge in [-0.3, -0.25) is 9.59 Å². The molecule has 0 radical (unpaired) electrons. The first kappa shape index (κ1) is 38.1. The van der Waals surface area contributed by atoms with Crippen LogP contribution in [0.25, 0.3) is 0 Å². The molecule has 3 aromatic rings. The predicted molar refractivity (Wildman–Crippen MR) is 184 cm³/mol. The van der Waals surface area contributed by atoms with E-state index in [-0.39, 0.29) is 19.1 Å². The second-order valence-corrected chi connectivity index (χ2v) is 12.9. The number of carbonyl (C=O) groups is 4. The third-order valence-corrected chi connectivity index (χ3v) is 8.06. The van der Waals surface area contributed by atoms with Crippen molar-refractivity contribution in [2.75, 3.05) is 26.4 Å². The normalized spacial score (nSPS) is 18.4. The molecule has 4 rings (SSSR count). The highest BCUT2D eigenvalue weighted by atomic mass is 16.8. The van der Waals surface area contributed by atoms with Crippen LogP contribution in [0.15, 0.2) is 84.9 Å². The molecule has 268 valence electrons. The van der Waals surface area contributed by atoms with Gasteiger partial charge in [0.15, 0.2) is 6.10 Å². The molecule has 1 fully saturated rings. The van der Waals surface area contributed by atoms with E-state index in [1.54, 1.807) is 41.5 Å². The van der Waals surface area contributed by atoms with Crippen molar-refractivity contribution in [2.24, 2.45) is 0 Å². The summed E-state index contributed by atoms with van der Waals surface area (Å²) in [5.41, 5.74) is 1.08. The number of rotatable bonds is 15. The van der Waals surface area contributed by atoms with Crippen molar-refractivity contribution in [3.63, 3.8) is 0 Å². The molecule has 1 aliphatic rings. The van der Waals surface area contributed by atoms with Crippen molar-refractivity contribution in [1.82, 2.24) is 4.90 Å². The Morgan fingerprint density at radius 1 is 0.860 bits per heavy atom. The van der Waals surface area contributed by atoms with Crippen LogP contribution in [-0.2, 0) is 49.3 Å². The number of para-hydroxylation sites is 1. The largest absolute Gasteiger partial charge is 0.465 e. The first-order chi connectivity index (χ1) is 23.9. The standard InChI is InChI=1S/C39H47NO10/c1-7-45-34(41)25-40(36(43)39(37(44)46-8-2)47-26-33(49-39)35(42)50-38(4,5)6)27(3)32(24-19-28-15-11-9-12-16-28)29-20-22-31(23-21-29)48-30-17-13-10-14-18-30/h9-18,20-23,27,32-33H,7-8,19,24-26H2,1-6H3/t27-,32+,33+,39-/m1/s1. The lowest BCUT2D eigenvalue weighted by Crippen LogP contribution is -2.60. The van der Waals surface area contributed by atoms with Crippen LogP contribution in [0.3, 0.4) is 0 Å². The molecular formula is C39H47NO10. The van der Waals surface area contributed by atoms with Gasteiger partial charge in [-0.05, 0) is 89.8 Å². The Balaban J connectivity index is 1.72. The van der Waals surface area contributed by atoms with Gasteiger partial charge in [0.2, 0.25) is 0 Å². The zero-order valence-corrected chi connectivity index (χ0v) is 29.6. The van der Waals surface area contributed by atoms with Crippen LogP contribution < -0.4 is 4.74 Å². The summed E-state index contributed by atoms with van der Waals surface area (Å²) in [6.07, 6.45) is -0.185. The Bertz CT molecular complexity index is 1570. The van der Waals surface area contributed by atoms with E-state index in [1.165, 1.54) is 4.90 Å². The number of nitrogens with zero attached hydrogens (tertiary/aromatic N) is 1. The minimum atomic E-state index is -2.66. The molecule has 1 heterocycles. The van der Waals surface area contributed by atoms with E-state index < -0.39 is 60.5 Å². The van der Waals surface area contributed by atoms with Crippen molar-refractivity contribution < 1.29 is 47.6 Å². The number of carbonyl (C=O) groups excluding carboxylic acids is 4. The van der Waals surface area contributed by atoms with E-state index >= 15 is 0 Å². The first-order valence-corrected chi connectivity index (χ1v) is 16.9. The van der Waals surface area contributed by atoms with Crippen LogP contribution in [0.1, 0.15) is 65.0 Å². The van der Waals surface area contributed by atoms with E-state index in [4.69, 9.17) is 28.4 Å². The maximum absolute atomic E-state index is 14.7. The molecule has 0 aliphatic carbocycles. The second-order valence-electron chi connectivity index (χ2n) is 12.9. The topological polar surface area (TPSA) is 127 Å². The second kappa shape index (κ2) is 17.3. The average Bonchev–Trinajstić information content (AvgIpc) is 3.55. The highest BCUT2D eigenvalue weighted by Gasteiger charge is 2.61. The van der Waals surface area contributed by atoms with E-state index in [9.17, 15) is 19.2 Å². The van der Waals surface area contributed by atoms with Crippen LogP contribution in [0.4, 0.5) is 0 Å². The minimum Gasteiger partial charge on any atom is -0.465 e. The van der Waals surface area contributed by atoms with Gasteiger partial charge in [0, 0.05) is 12.0 Å². The summed E-state index contributed by atoms with van der Waals surface area (Å²) in [4.78, 5) is 55.5. The van der Waals surface area contributed by atoms with Crippen molar-refractivity contribution in [3.05, 3.63) is 96.1 Å². The smallest absolute Gasteiger partial charge is 0.377 e. The average molecular weight is 690 g/mol. The van der Waals surface area contributed by atoms with E-state index in [0.717, 1.165) is 11.1 Å². The van der Waals surface area contributed by atoms with E-state index in [1.807, 2.05) is 84.9 Å². The van der Waals surface area contributed by atoms with Crippen molar-refractivity contribution >= 4 is 23.8 Å². The van der Waals surface area contributed by atoms with Crippen LogP contribution in [0.2, 0.25) is 0 Å². The molecule has 0 unspecified atom stereocenters. The minimum absolute atomic E-state index is 0.0757. The third-order valence-electron chi connectivity index (χ3n) is 8.06. The van der Waals surface area contributed by atoms with Gasteiger partial charge >= 0.3 is 23.7 Å². The summed E-state index contributed by atoms with van der Waals surface area (Å²) in [7, 11) is 0. The Labute approximate surface area is 293 Å². The quantitative estimate of drug-likeness (QED) is 0.107. The van der Waals surface area contributed by atoms with Crippen molar-refractivity contribution in [3.8, 4) is 11.5 Å². The lowest BCUT2D eigenvalue weighted by Gasteiger charge is -2.38. The number of hydrogen-bond donors (Lipinski definition) is 0. The molecule has 1 saturated heterocycles. The lowest BCUT2D eigenvalue weighted by atomic mass is 9.85. The molecule has 50 heavy (non-hydrogen) atoms. The van der Waals surface area contributed by atoms with Gasteiger partial charge in [0.05, 0.1) is 19.8 Å². The molecule has 0 saturated carbocycles. The number of hydrogen-bond acceptors (Lipinski definition) is 10. The SMILES string of the molecule is CCOC(=O)CN(C(=O)[C@@]1(C(=O)OCC)OC[C@@H](C(=O)OC(C)(C)C)O1)[C@H](C)[C@H](CCc1ccccc1)c1ccc(Oc2ccccc2)cc1. The van der Waals surface area contributed by atoms with Gasteiger partial charge < -0.3 is 33.3 Å². The molecule has 0 aromatic heterocycles. The summed E-state index contributed by atoms with van der Waals surface area (Å²) in [6, 6.07) is 26.1. The number of benzene rings is 3. The van der Waals surface area contributed by atoms with Gasteiger partial charge in [-0.2, -0.15) is 0 Å². The van der Waals surface area contributed by atoms with Gasteiger partial charge in [-0.25, -0.2) is 9.59 Å². The van der Waals surface area contributed by atoms with Gasteiger partial charge in [0.1, 0.15) is 23.6 Å².